The third-order valence-electron chi connectivity index (χ3n) is 5.87. The van der Waals surface area contributed by atoms with Crippen molar-refractivity contribution in [2.45, 2.75) is 50.3 Å². The van der Waals surface area contributed by atoms with Crippen LogP contribution in [0.2, 0.25) is 5.02 Å². The number of aliphatic hydroxyl groups is 1. The number of carbonyl (C=O) groups is 1. The van der Waals surface area contributed by atoms with Gasteiger partial charge >= 0.3 is 0 Å². The molecule has 1 aliphatic carbocycles. The summed E-state index contributed by atoms with van der Waals surface area (Å²) in [5, 5.41) is 11.3. The number of rotatable bonds is 4. The number of hydrogen-bond donors (Lipinski definition) is 1. The molecule has 2 aliphatic heterocycles. The van der Waals surface area contributed by atoms with E-state index in [1.54, 1.807) is 0 Å². The molecule has 130 valence electrons. The smallest absolute Gasteiger partial charge is 0.240 e. The Balaban J connectivity index is 1.33. The molecule has 0 aromatic heterocycles. The predicted octanol–water partition coefficient (Wildman–Crippen LogP) is 2.85. The van der Waals surface area contributed by atoms with Crippen molar-refractivity contribution in [2.24, 2.45) is 5.92 Å². The van der Waals surface area contributed by atoms with Gasteiger partial charge in [0.05, 0.1) is 12.1 Å². The van der Waals surface area contributed by atoms with Crippen LogP contribution in [0.3, 0.4) is 0 Å². The Bertz CT molecular complexity index is 594. The number of halogens is 1. The SMILES string of the molecule is O=C1C(N2CCC(C(O)c3ccc(Cl)cc3)CC2)CCN1C1CC1. The highest BCUT2D eigenvalue weighted by Crippen LogP contribution is 2.35. The first kappa shape index (κ1) is 16.4. The standard InChI is InChI=1S/C19H25ClN2O2/c20-15-3-1-13(2-4-15)18(23)14-7-10-21(11-8-14)17-9-12-22(19(17)24)16-5-6-16/h1-4,14,16-18,23H,5-12H2. The number of carbonyl (C=O) groups excluding carboxylic acids is 1. The van der Waals surface area contributed by atoms with Crippen LogP contribution in [0.1, 0.15) is 43.8 Å². The van der Waals surface area contributed by atoms with Gasteiger partial charge in [0.25, 0.3) is 0 Å². The molecule has 4 rings (SSSR count). The maximum Gasteiger partial charge on any atom is 0.240 e. The fourth-order valence-electron chi connectivity index (χ4n) is 4.25. The molecule has 3 fully saturated rings. The number of nitrogens with zero attached hydrogens (tertiary/aromatic N) is 2. The Kier molecular flexibility index (Phi) is 4.54. The van der Waals surface area contributed by atoms with Crippen LogP contribution in [0, 0.1) is 5.92 Å². The van der Waals surface area contributed by atoms with Crippen molar-refractivity contribution in [3.63, 3.8) is 0 Å². The molecule has 0 bridgehead atoms. The first-order valence-corrected chi connectivity index (χ1v) is 9.49. The Labute approximate surface area is 148 Å². The van der Waals surface area contributed by atoms with Crippen molar-refractivity contribution < 1.29 is 9.90 Å². The van der Waals surface area contributed by atoms with Crippen molar-refractivity contribution in [3.8, 4) is 0 Å². The predicted molar refractivity (Wildman–Crippen MR) is 93.8 cm³/mol. The molecule has 24 heavy (non-hydrogen) atoms. The largest absolute Gasteiger partial charge is 0.388 e. The number of hydrogen-bond acceptors (Lipinski definition) is 3. The average molecular weight is 349 g/mol. The van der Waals surface area contributed by atoms with E-state index in [-0.39, 0.29) is 12.0 Å². The van der Waals surface area contributed by atoms with Crippen molar-refractivity contribution >= 4 is 17.5 Å². The van der Waals surface area contributed by atoms with Gasteiger partial charge < -0.3 is 10.0 Å². The summed E-state index contributed by atoms with van der Waals surface area (Å²) >= 11 is 5.92. The Morgan fingerprint density at radius 1 is 1.00 bits per heavy atom. The Morgan fingerprint density at radius 2 is 1.67 bits per heavy atom. The van der Waals surface area contributed by atoms with Crippen molar-refractivity contribution in [1.29, 1.82) is 0 Å². The van der Waals surface area contributed by atoms with Crippen molar-refractivity contribution in [1.82, 2.24) is 9.80 Å². The van der Waals surface area contributed by atoms with Crippen LogP contribution in [0.25, 0.3) is 0 Å². The fraction of sp³-hybridized carbons (Fsp3) is 0.632. The van der Waals surface area contributed by atoms with Gasteiger partial charge in [0.15, 0.2) is 0 Å². The molecule has 1 aromatic rings. The summed E-state index contributed by atoms with van der Waals surface area (Å²) in [6.45, 7) is 2.75. The summed E-state index contributed by atoms with van der Waals surface area (Å²) in [6.07, 6.45) is 4.79. The minimum Gasteiger partial charge on any atom is -0.388 e. The molecule has 1 N–H and O–H groups in total. The van der Waals surface area contributed by atoms with E-state index in [1.807, 2.05) is 24.3 Å². The van der Waals surface area contributed by atoms with Crippen LogP contribution in [0.15, 0.2) is 24.3 Å². The lowest BCUT2D eigenvalue weighted by molar-refractivity contribution is -0.133. The van der Waals surface area contributed by atoms with Crippen molar-refractivity contribution in [3.05, 3.63) is 34.9 Å². The molecule has 1 amide bonds. The van der Waals surface area contributed by atoms with E-state index in [2.05, 4.69) is 9.80 Å². The van der Waals surface area contributed by atoms with E-state index in [4.69, 9.17) is 11.6 Å². The second-order valence-corrected chi connectivity index (χ2v) is 7.87. The van der Waals surface area contributed by atoms with Gasteiger partial charge in [-0.15, -0.1) is 0 Å². The van der Waals surface area contributed by atoms with E-state index >= 15 is 0 Å². The third kappa shape index (κ3) is 3.19. The first-order valence-electron chi connectivity index (χ1n) is 9.11. The molecule has 0 spiro atoms. The van der Waals surface area contributed by atoms with Gasteiger partial charge in [0, 0.05) is 17.6 Å². The highest BCUT2D eigenvalue weighted by Gasteiger charge is 2.43. The van der Waals surface area contributed by atoms with Crippen LogP contribution in [0.5, 0.6) is 0 Å². The maximum atomic E-state index is 12.6. The molecule has 3 aliphatic rings. The van der Waals surface area contributed by atoms with Crippen LogP contribution in [0.4, 0.5) is 0 Å². The molecule has 2 atom stereocenters. The van der Waals surface area contributed by atoms with Gasteiger partial charge in [-0.3, -0.25) is 9.69 Å². The van der Waals surface area contributed by atoms with E-state index in [9.17, 15) is 9.90 Å². The highest BCUT2D eigenvalue weighted by molar-refractivity contribution is 6.30. The molecule has 2 unspecified atom stereocenters. The third-order valence-corrected chi connectivity index (χ3v) is 6.12. The summed E-state index contributed by atoms with van der Waals surface area (Å²) in [4.78, 5) is 17.0. The molecule has 4 nitrogen and oxygen atoms in total. The van der Waals surface area contributed by atoms with Gasteiger partial charge in [-0.1, -0.05) is 23.7 Å². The molecule has 2 heterocycles. The number of benzene rings is 1. The van der Waals surface area contributed by atoms with Gasteiger partial charge in [0.2, 0.25) is 5.91 Å². The number of aliphatic hydroxyl groups excluding tert-OH is 1. The summed E-state index contributed by atoms with van der Waals surface area (Å²) in [5.74, 6) is 0.604. The number of likely N-dealkylation sites (tertiary alicyclic amines) is 2. The lowest BCUT2D eigenvalue weighted by Crippen LogP contribution is -2.46. The van der Waals surface area contributed by atoms with E-state index in [1.165, 1.54) is 12.8 Å². The molecule has 1 saturated carbocycles. The van der Waals surface area contributed by atoms with Crippen LogP contribution in [-0.2, 0) is 4.79 Å². The molecule has 1 aromatic carbocycles. The summed E-state index contributed by atoms with van der Waals surface area (Å²) < 4.78 is 0. The summed E-state index contributed by atoms with van der Waals surface area (Å²) in [7, 11) is 0. The summed E-state index contributed by atoms with van der Waals surface area (Å²) in [6, 6.07) is 8.10. The van der Waals surface area contributed by atoms with Gasteiger partial charge in [0.1, 0.15) is 0 Å². The van der Waals surface area contributed by atoms with E-state index in [0.717, 1.165) is 44.5 Å². The zero-order chi connectivity index (χ0) is 16.7. The second-order valence-electron chi connectivity index (χ2n) is 7.44. The topological polar surface area (TPSA) is 43.8 Å². The summed E-state index contributed by atoms with van der Waals surface area (Å²) in [5.41, 5.74) is 0.940. The van der Waals surface area contributed by atoms with E-state index in [0.29, 0.717) is 17.0 Å². The lowest BCUT2D eigenvalue weighted by atomic mass is 9.87. The van der Waals surface area contributed by atoms with Gasteiger partial charge in [-0.2, -0.15) is 0 Å². The quantitative estimate of drug-likeness (QED) is 0.910. The Morgan fingerprint density at radius 3 is 2.29 bits per heavy atom. The zero-order valence-corrected chi connectivity index (χ0v) is 14.7. The van der Waals surface area contributed by atoms with Crippen LogP contribution in [-0.4, -0.2) is 52.5 Å². The van der Waals surface area contributed by atoms with Gasteiger partial charge in [-0.05, 0) is 68.8 Å². The zero-order valence-electron chi connectivity index (χ0n) is 13.9. The van der Waals surface area contributed by atoms with Gasteiger partial charge in [-0.25, -0.2) is 0 Å². The lowest BCUT2D eigenvalue weighted by Gasteiger charge is -2.37. The number of piperidine rings is 1. The maximum absolute atomic E-state index is 12.6. The molecule has 2 saturated heterocycles. The van der Waals surface area contributed by atoms with E-state index < -0.39 is 6.10 Å². The first-order chi connectivity index (χ1) is 11.6. The molecular formula is C19H25ClN2O2. The molecular weight excluding hydrogens is 324 g/mol. The minimum atomic E-state index is -0.438. The Hall–Kier alpha value is -1.10. The molecule has 0 radical (unpaired) electrons. The monoisotopic (exact) mass is 348 g/mol. The fourth-order valence-corrected chi connectivity index (χ4v) is 4.38. The van der Waals surface area contributed by atoms with Crippen LogP contribution < -0.4 is 0 Å². The van der Waals surface area contributed by atoms with Crippen molar-refractivity contribution in [2.75, 3.05) is 19.6 Å². The normalized spacial score (nSPS) is 27.7. The minimum absolute atomic E-state index is 0.0826. The highest BCUT2D eigenvalue weighted by atomic mass is 35.5. The van der Waals surface area contributed by atoms with Crippen LogP contribution >= 0.6 is 11.6 Å². The second kappa shape index (κ2) is 6.66. The molecule has 5 heteroatoms. The average Bonchev–Trinajstić information content (AvgIpc) is 3.37. The number of amides is 1.